The molecule has 144 valence electrons. The quantitative estimate of drug-likeness (QED) is 0.555. The molecule has 8 nitrogen and oxygen atoms in total. The molecule has 0 aliphatic heterocycles. The summed E-state index contributed by atoms with van der Waals surface area (Å²) in [5, 5.41) is 5.54. The van der Waals surface area contributed by atoms with Crippen LogP contribution < -0.4 is 11.1 Å². The highest BCUT2D eigenvalue weighted by molar-refractivity contribution is 7.16. The Hall–Kier alpha value is -2.91. The van der Waals surface area contributed by atoms with Gasteiger partial charge in [-0.25, -0.2) is 9.97 Å². The van der Waals surface area contributed by atoms with Gasteiger partial charge in [0.1, 0.15) is 10.8 Å². The third-order valence-corrected chi connectivity index (χ3v) is 5.33. The minimum Gasteiger partial charge on any atom is -0.309 e. The van der Waals surface area contributed by atoms with Crippen molar-refractivity contribution in [2.24, 2.45) is 0 Å². The smallest absolute Gasteiger partial charge is 0.275 e. The van der Waals surface area contributed by atoms with Crippen LogP contribution in [0.5, 0.6) is 0 Å². The molecule has 0 fully saturated rings. The molecule has 9 heteroatoms. The number of hydrogen-bond acceptors (Lipinski definition) is 7. The first kappa shape index (κ1) is 18.5. The van der Waals surface area contributed by atoms with Crippen molar-refractivity contribution >= 4 is 27.2 Å². The summed E-state index contributed by atoms with van der Waals surface area (Å²) in [5.74, 6) is 0.587. The van der Waals surface area contributed by atoms with Crippen molar-refractivity contribution in [2.75, 3.05) is 0 Å². The Labute approximate surface area is 164 Å². The highest BCUT2D eigenvalue weighted by Crippen LogP contribution is 2.14. The SMILES string of the molecule is Cc1nn2c(=O)cc(CN(Cc3nc4ccccc4c(=O)[nH]3)C(C)C)nc2s1. The van der Waals surface area contributed by atoms with Crippen LogP contribution in [0.25, 0.3) is 15.9 Å². The Morgan fingerprint density at radius 3 is 2.75 bits per heavy atom. The predicted octanol–water partition coefficient (Wildman–Crippen LogP) is 2.11. The van der Waals surface area contributed by atoms with E-state index in [0.29, 0.717) is 40.5 Å². The second kappa shape index (κ2) is 7.25. The first-order chi connectivity index (χ1) is 13.4. The summed E-state index contributed by atoms with van der Waals surface area (Å²) < 4.78 is 1.32. The lowest BCUT2D eigenvalue weighted by atomic mass is 10.2. The normalized spacial score (nSPS) is 11.9. The van der Waals surface area contributed by atoms with Gasteiger partial charge < -0.3 is 4.98 Å². The summed E-state index contributed by atoms with van der Waals surface area (Å²) in [4.78, 5) is 39.3. The first-order valence-corrected chi connectivity index (χ1v) is 9.81. The Balaban J connectivity index is 1.65. The van der Waals surface area contributed by atoms with Gasteiger partial charge >= 0.3 is 0 Å². The number of fused-ring (bicyclic) bond motifs is 2. The van der Waals surface area contributed by atoms with E-state index in [2.05, 4.69) is 38.8 Å². The largest absolute Gasteiger partial charge is 0.309 e. The zero-order valence-corrected chi connectivity index (χ0v) is 16.7. The minimum atomic E-state index is -0.190. The Morgan fingerprint density at radius 2 is 1.96 bits per heavy atom. The summed E-state index contributed by atoms with van der Waals surface area (Å²) in [6.45, 7) is 6.88. The lowest BCUT2D eigenvalue weighted by molar-refractivity contribution is 0.196. The van der Waals surface area contributed by atoms with Crippen LogP contribution in [0.2, 0.25) is 0 Å². The van der Waals surface area contributed by atoms with Gasteiger partial charge in [0.05, 0.1) is 23.1 Å². The Morgan fingerprint density at radius 1 is 1.18 bits per heavy atom. The maximum atomic E-state index is 12.3. The number of para-hydroxylation sites is 1. The molecule has 1 aromatic carbocycles. The zero-order valence-electron chi connectivity index (χ0n) is 15.8. The first-order valence-electron chi connectivity index (χ1n) is 8.99. The molecule has 0 aliphatic rings. The van der Waals surface area contributed by atoms with E-state index < -0.39 is 0 Å². The van der Waals surface area contributed by atoms with Gasteiger partial charge in [0, 0.05) is 18.7 Å². The monoisotopic (exact) mass is 396 g/mol. The summed E-state index contributed by atoms with van der Waals surface area (Å²) in [6, 6.07) is 8.95. The highest BCUT2D eigenvalue weighted by Gasteiger charge is 2.16. The summed E-state index contributed by atoms with van der Waals surface area (Å²) in [5.41, 5.74) is 1.00. The van der Waals surface area contributed by atoms with E-state index in [-0.39, 0.29) is 17.2 Å². The molecule has 3 aromatic heterocycles. The fourth-order valence-corrected chi connectivity index (χ4v) is 3.83. The van der Waals surface area contributed by atoms with Crippen LogP contribution in [-0.2, 0) is 13.1 Å². The average molecular weight is 396 g/mol. The van der Waals surface area contributed by atoms with Crippen LogP contribution in [0.4, 0.5) is 0 Å². The van der Waals surface area contributed by atoms with Crippen molar-refractivity contribution in [3.05, 3.63) is 67.6 Å². The van der Waals surface area contributed by atoms with Crippen LogP contribution in [0.3, 0.4) is 0 Å². The fraction of sp³-hybridized carbons (Fsp3) is 0.316. The van der Waals surface area contributed by atoms with Crippen molar-refractivity contribution < 1.29 is 0 Å². The van der Waals surface area contributed by atoms with Gasteiger partial charge in [0.2, 0.25) is 4.96 Å². The molecule has 4 rings (SSSR count). The maximum absolute atomic E-state index is 12.3. The van der Waals surface area contributed by atoms with Gasteiger partial charge in [-0.05, 0) is 32.9 Å². The van der Waals surface area contributed by atoms with Crippen LogP contribution in [0.15, 0.2) is 39.9 Å². The van der Waals surface area contributed by atoms with Crippen LogP contribution in [-0.4, -0.2) is 35.5 Å². The molecule has 1 N–H and O–H groups in total. The van der Waals surface area contributed by atoms with E-state index in [1.165, 1.54) is 21.9 Å². The van der Waals surface area contributed by atoms with Crippen LogP contribution >= 0.6 is 11.3 Å². The number of nitrogens with zero attached hydrogens (tertiary/aromatic N) is 5. The molecular weight excluding hydrogens is 376 g/mol. The molecular formula is C19H20N6O2S. The summed E-state index contributed by atoms with van der Waals surface area (Å²) in [6.07, 6.45) is 0. The number of aromatic amines is 1. The van der Waals surface area contributed by atoms with E-state index in [9.17, 15) is 9.59 Å². The van der Waals surface area contributed by atoms with Crippen molar-refractivity contribution in [1.82, 2.24) is 29.5 Å². The number of hydrogen-bond donors (Lipinski definition) is 1. The van der Waals surface area contributed by atoms with Crippen LogP contribution in [0, 0.1) is 6.92 Å². The predicted molar refractivity (Wildman–Crippen MR) is 109 cm³/mol. The molecule has 0 saturated heterocycles. The van der Waals surface area contributed by atoms with E-state index in [0.717, 1.165) is 5.01 Å². The number of aromatic nitrogens is 5. The number of H-pyrrole nitrogens is 1. The Kier molecular flexibility index (Phi) is 4.78. The van der Waals surface area contributed by atoms with Gasteiger partial charge in [0.15, 0.2) is 0 Å². The van der Waals surface area contributed by atoms with E-state index in [4.69, 9.17) is 0 Å². The molecule has 0 bridgehead atoms. The summed E-state index contributed by atoms with van der Waals surface area (Å²) in [7, 11) is 0. The summed E-state index contributed by atoms with van der Waals surface area (Å²) >= 11 is 1.39. The van der Waals surface area contributed by atoms with E-state index in [1.807, 2.05) is 25.1 Å². The third-order valence-electron chi connectivity index (χ3n) is 4.51. The molecule has 0 saturated carbocycles. The number of nitrogens with one attached hydrogen (secondary N) is 1. The zero-order chi connectivity index (χ0) is 19.8. The van der Waals surface area contributed by atoms with Gasteiger partial charge in [0.25, 0.3) is 11.1 Å². The van der Waals surface area contributed by atoms with Crippen molar-refractivity contribution in [2.45, 2.75) is 39.9 Å². The molecule has 0 amide bonds. The highest BCUT2D eigenvalue weighted by atomic mass is 32.1. The molecule has 0 aliphatic carbocycles. The van der Waals surface area contributed by atoms with Gasteiger partial charge in [-0.3, -0.25) is 14.5 Å². The second-order valence-corrected chi connectivity index (χ2v) is 8.09. The molecule has 0 spiro atoms. The lowest BCUT2D eigenvalue weighted by Crippen LogP contribution is -2.32. The van der Waals surface area contributed by atoms with Crippen molar-refractivity contribution in [1.29, 1.82) is 0 Å². The molecule has 3 heterocycles. The maximum Gasteiger partial charge on any atom is 0.275 e. The molecule has 0 atom stereocenters. The lowest BCUT2D eigenvalue weighted by Gasteiger charge is -2.25. The van der Waals surface area contributed by atoms with Crippen molar-refractivity contribution in [3.8, 4) is 0 Å². The number of rotatable bonds is 5. The van der Waals surface area contributed by atoms with Crippen molar-refractivity contribution in [3.63, 3.8) is 0 Å². The molecule has 0 unspecified atom stereocenters. The standard InChI is InChI=1S/C19H20N6O2S/c1-11(2)24(9-13-8-17(26)25-19(20-13)28-12(3)23-25)10-16-21-15-7-5-4-6-14(15)18(27)22-16/h4-8,11H,9-10H2,1-3H3,(H,21,22,27). The number of aryl methyl sites for hydroxylation is 1. The van der Waals surface area contributed by atoms with E-state index >= 15 is 0 Å². The van der Waals surface area contributed by atoms with Gasteiger partial charge in [-0.2, -0.15) is 9.61 Å². The van der Waals surface area contributed by atoms with Gasteiger partial charge in [-0.1, -0.05) is 23.5 Å². The minimum absolute atomic E-state index is 0.151. The molecule has 28 heavy (non-hydrogen) atoms. The molecule has 4 aromatic rings. The number of benzene rings is 1. The average Bonchev–Trinajstić information content (AvgIpc) is 3.02. The fourth-order valence-electron chi connectivity index (χ4n) is 3.06. The van der Waals surface area contributed by atoms with Crippen LogP contribution in [0.1, 0.15) is 30.4 Å². The van der Waals surface area contributed by atoms with Gasteiger partial charge in [-0.15, -0.1) is 0 Å². The molecule has 0 radical (unpaired) electrons. The topological polar surface area (TPSA) is 96.3 Å². The third kappa shape index (κ3) is 3.58. The Bertz CT molecular complexity index is 1270. The van der Waals surface area contributed by atoms with E-state index in [1.54, 1.807) is 6.07 Å². The second-order valence-electron chi connectivity index (χ2n) is 6.93.